The van der Waals surface area contributed by atoms with Crippen molar-refractivity contribution in [3.8, 4) is 0 Å². The molecule has 1 N–H and O–H groups in total. The number of anilines is 1. The number of rotatable bonds is 2. The van der Waals surface area contributed by atoms with E-state index in [-0.39, 0.29) is 0 Å². The van der Waals surface area contributed by atoms with Crippen LogP contribution in [0.1, 0.15) is 11.1 Å². The van der Waals surface area contributed by atoms with Crippen LogP contribution in [0.2, 0.25) is 0 Å². The van der Waals surface area contributed by atoms with Gasteiger partial charge in [-0.15, -0.1) is 0 Å². The minimum Gasteiger partial charge on any atom is -0.361 e. The van der Waals surface area contributed by atoms with E-state index in [0.29, 0.717) is 0 Å². The SMILES string of the molecule is C=c1cccc/c1=C\Nc1ccc(C)c(C)c1. The average Bonchev–Trinajstić information content (AvgIpc) is 2.32. The molecule has 2 rings (SSSR count). The molecule has 0 radical (unpaired) electrons. The van der Waals surface area contributed by atoms with E-state index in [9.17, 15) is 0 Å². The molecule has 17 heavy (non-hydrogen) atoms. The van der Waals surface area contributed by atoms with Crippen LogP contribution < -0.4 is 15.8 Å². The molecule has 0 saturated heterocycles. The number of hydrogen-bond donors (Lipinski definition) is 1. The number of benzene rings is 2. The van der Waals surface area contributed by atoms with Gasteiger partial charge in [-0.2, -0.15) is 0 Å². The van der Waals surface area contributed by atoms with Crippen molar-refractivity contribution in [1.82, 2.24) is 0 Å². The first-order chi connectivity index (χ1) is 8.16. The molecule has 0 saturated carbocycles. The zero-order valence-electron chi connectivity index (χ0n) is 10.3. The van der Waals surface area contributed by atoms with Crippen molar-refractivity contribution >= 4 is 18.5 Å². The molecule has 0 bridgehead atoms. The Labute approximate surface area is 102 Å². The minimum absolute atomic E-state index is 1.03. The van der Waals surface area contributed by atoms with Gasteiger partial charge in [0.15, 0.2) is 0 Å². The molecule has 2 aromatic rings. The fourth-order valence-corrected chi connectivity index (χ4v) is 1.67. The van der Waals surface area contributed by atoms with E-state index in [1.165, 1.54) is 11.1 Å². The first-order valence-corrected chi connectivity index (χ1v) is 5.75. The van der Waals surface area contributed by atoms with Gasteiger partial charge in [0.1, 0.15) is 0 Å². The molecule has 0 aromatic heterocycles. The summed E-state index contributed by atoms with van der Waals surface area (Å²) < 4.78 is 0. The van der Waals surface area contributed by atoms with Crippen LogP contribution in [0.15, 0.2) is 42.5 Å². The number of hydrogen-bond acceptors (Lipinski definition) is 1. The smallest absolute Gasteiger partial charge is 0.0382 e. The lowest BCUT2D eigenvalue weighted by atomic mass is 10.1. The third-order valence-corrected chi connectivity index (χ3v) is 2.96. The summed E-state index contributed by atoms with van der Waals surface area (Å²) in [6.07, 6.45) is 1.99. The van der Waals surface area contributed by atoms with Crippen LogP contribution in [-0.2, 0) is 0 Å². The fourth-order valence-electron chi connectivity index (χ4n) is 1.67. The number of nitrogens with one attached hydrogen (secondary N) is 1. The molecule has 0 fully saturated rings. The second-order valence-corrected chi connectivity index (χ2v) is 4.29. The standard InChI is InChI=1S/C16H17N/c1-12-8-9-16(10-14(12)3)17-11-15-7-5-4-6-13(15)2/h4-11,17H,2H2,1,3H3/b15-11+. The van der Waals surface area contributed by atoms with Crippen molar-refractivity contribution in [1.29, 1.82) is 0 Å². The maximum atomic E-state index is 3.99. The van der Waals surface area contributed by atoms with Crippen molar-refractivity contribution in [3.05, 3.63) is 64.0 Å². The van der Waals surface area contributed by atoms with Crippen LogP contribution >= 0.6 is 0 Å². The van der Waals surface area contributed by atoms with Crippen molar-refractivity contribution in [3.63, 3.8) is 0 Å². The van der Waals surface area contributed by atoms with Gasteiger partial charge in [0.2, 0.25) is 0 Å². The molecule has 0 atom stereocenters. The highest BCUT2D eigenvalue weighted by atomic mass is 14.8. The summed E-state index contributed by atoms with van der Waals surface area (Å²) in [6, 6.07) is 14.4. The topological polar surface area (TPSA) is 12.0 Å². The monoisotopic (exact) mass is 223 g/mol. The molecular formula is C16H17N. The Kier molecular flexibility index (Phi) is 3.29. The second kappa shape index (κ2) is 4.88. The lowest BCUT2D eigenvalue weighted by Gasteiger charge is -2.04. The third kappa shape index (κ3) is 2.76. The largest absolute Gasteiger partial charge is 0.361 e. The summed E-state index contributed by atoms with van der Waals surface area (Å²) in [5.74, 6) is 0. The first-order valence-electron chi connectivity index (χ1n) is 5.75. The summed E-state index contributed by atoms with van der Waals surface area (Å²) in [7, 11) is 0. The van der Waals surface area contributed by atoms with E-state index in [0.717, 1.165) is 16.1 Å². The molecule has 1 heteroatoms. The molecule has 0 aliphatic carbocycles. The van der Waals surface area contributed by atoms with E-state index in [4.69, 9.17) is 0 Å². The summed E-state index contributed by atoms with van der Waals surface area (Å²) in [4.78, 5) is 0. The van der Waals surface area contributed by atoms with Crippen molar-refractivity contribution < 1.29 is 0 Å². The van der Waals surface area contributed by atoms with Gasteiger partial charge < -0.3 is 5.32 Å². The van der Waals surface area contributed by atoms with Crippen LogP contribution in [0.25, 0.3) is 12.8 Å². The van der Waals surface area contributed by atoms with Gasteiger partial charge in [0.05, 0.1) is 0 Å². The minimum atomic E-state index is 1.03. The van der Waals surface area contributed by atoms with E-state index in [1.807, 2.05) is 24.4 Å². The molecule has 0 unspecified atom stereocenters. The third-order valence-electron chi connectivity index (χ3n) is 2.96. The summed E-state index contributed by atoms with van der Waals surface area (Å²) in [6.45, 7) is 8.23. The Morgan fingerprint density at radius 2 is 1.76 bits per heavy atom. The van der Waals surface area contributed by atoms with E-state index in [1.54, 1.807) is 0 Å². The van der Waals surface area contributed by atoms with Crippen molar-refractivity contribution in [2.45, 2.75) is 13.8 Å². The van der Waals surface area contributed by atoms with E-state index < -0.39 is 0 Å². The van der Waals surface area contributed by atoms with E-state index >= 15 is 0 Å². The molecule has 0 aliphatic heterocycles. The maximum Gasteiger partial charge on any atom is 0.0382 e. The normalized spacial score (nSPS) is 11.5. The zero-order valence-corrected chi connectivity index (χ0v) is 10.3. The molecule has 0 heterocycles. The highest BCUT2D eigenvalue weighted by Gasteiger charge is 1.93. The summed E-state index contributed by atoms with van der Waals surface area (Å²) >= 11 is 0. The van der Waals surface area contributed by atoms with Crippen LogP contribution in [-0.4, -0.2) is 0 Å². The lowest BCUT2D eigenvalue weighted by Crippen LogP contribution is -2.23. The van der Waals surface area contributed by atoms with Gasteiger partial charge in [-0.05, 0) is 47.5 Å². The Hall–Kier alpha value is -2.02. The van der Waals surface area contributed by atoms with Crippen molar-refractivity contribution in [2.75, 3.05) is 5.32 Å². The summed E-state index contributed by atoms with van der Waals surface area (Å²) in [5.41, 5.74) is 3.72. The molecule has 2 aromatic carbocycles. The van der Waals surface area contributed by atoms with Gasteiger partial charge in [-0.25, -0.2) is 0 Å². The van der Waals surface area contributed by atoms with Crippen molar-refractivity contribution in [2.24, 2.45) is 0 Å². The Balaban J connectivity index is 2.29. The zero-order chi connectivity index (χ0) is 12.3. The Morgan fingerprint density at radius 3 is 2.47 bits per heavy atom. The average molecular weight is 223 g/mol. The molecule has 0 amide bonds. The molecule has 86 valence electrons. The molecule has 1 nitrogen and oxygen atoms in total. The highest BCUT2D eigenvalue weighted by Crippen LogP contribution is 2.13. The van der Waals surface area contributed by atoms with Crippen LogP contribution in [0.5, 0.6) is 0 Å². The quantitative estimate of drug-likeness (QED) is 0.825. The van der Waals surface area contributed by atoms with Crippen LogP contribution in [0, 0.1) is 13.8 Å². The summed E-state index contributed by atoms with van der Waals surface area (Å²) in [5, 5.41) is 5.45. The lowest BCUT2D eigenvalue weighted by molar-refractivity contribution is 1.34. The van der Waals surface area contributed by atoms with Gasteiger partial charge in [0.25, 0.3) is 0 Å². The molecular weight excluding hydrogens is 206 g/mol. The fraction of sp³-hybridized carbons (Fsp3) is 0.125. The molecule has 0 spiro atoms. The van der Waals surface area contributed by atoms with Gasteiger partial charge in [-0.1, -0.05) is 36.9 Å². The maximum absolute atomic E-state index is 3.99. The van der Waals surface area contributed by atoms with Gasteiger partial charge >= 0.3 is 0 Å². The Morgan fingerprint density at radius 1 is 1.00 bits per heavy atom. The van der Waals surface area contributed by atoms with E-state index in [2.05, 4.69) is 50.0 Å². The number of aryl methyl sites for hydroxylation is 2. The first kappa shape index (κ1) is 11.5. The predicted octanol–water partition coefficient (Wildman–Crippen LogP) is 2.56. The van der Waals surface area contributed by atoms with Gasteiger partial charge in [0, 0.05) is 11.9 Å². The Bertz CT molecular complexity index is 626. The molecule has 0 aliphatic rings. The van der Waals surface area contributed by atoms with Gasteiger partial charge in [-0.3, -0.25) is 0 Å². The highest BCUT2D eigenvalue weighted by molar-refractivity contribution is 5.56. The van der Waals surface area contributed by atoms with Crippen LogP contribution in [0.3, 0.4) is 0 Å². The second-order valence-electron chi connectivity index (χ2n) is 4.29. The van der Waals surface area contributed by atoms with Crippen LogP contribution in [0.4, 0.5) is 5.69 Å². The predicted molar refractivity (Wildman–Crippen MR) is 75.2 cm³/mol.